The molecule has 2 nitrogen and oxygen atoms in total. The molecule has 2 aromatic rings. The van der Waals surface area contributed by atoms with Crippen LogP contribution in [0.5, 0.6) is 0 Å². The van der Waals surface area contributed by atoms with Crippen LogP contribution in [-0.2, 0) is 0 Å². The molecule has 0 spiro atoms. The van der Waals surface area contributed by atoms with Gasteiger partial charge in [0.15, 0.2) is 0 Å². The van der Waals surface area contributed by atoms with E-state index in [0.29, 0.717) is 5.56 Å². The van der Waals surface area contributed by atoms with Gasteiger partial charge in [-0.2, -0.15) is 0 Å². The Hall–Kier alpha value is -2.23. The number of amides is 1. The fraction of sp³-hybridized carbons (Fsp3) is 0.0714. The third-order valence-corrected chi connectivity index (χ3v) is 2.56. The van der Waals surface area contributed by atoms with Gasteiger partial charge in [-0.25, -0.2) is 8.78 Å². The summed E-state index contributed by atoms with van der Waals surface area (Å²) in [7, 11) is 0. The highest BCUT2D eigenvalue weighted by atomic mass is 19.1. The van der Waals surface area contributed by atoms with Gasteiger partial charge in [-0.1, -0.05) is 24.3 Å². The van der Waals surface area contributed by atoms with E-state index in [1.54, 1.807) is 25.1 Å². The van der Waals surface area contributed by atoms with Crippen LogP contribution in [0.15, 0.2) is 42.5 Å². The van der Waals surface area contributed by atoms with Crippen molar-refractivity contribution in [2.24, 2.45) is 0 Å². The average Bonchev–Trinajstić information content (AvgIpc) is 2.35. The number of rotatable bonds is 2. The Morgan fingerprint density at radius 2 is 1.78 bits per heavy atom. The maximum atomic E-state index is 13.7. The Morgan fingerprint density at radius 1 is 1.06 bits per heavy atom. The van der Waals surface area contributed by atoms with E-state index < -0.39 is 17.5 Å². The van der Waals surface area contributed by atoms with Crippen LogP contribution >= 0.6 is 0 Å². The van der Waals surface area contributed by atoms with E-state index >= 15 is 0 Å². The first-order chi connectivity index (χ1) is 8.59. The normalized spacial score (nSPS) is 10.2. The van der Waals surface area contributed by atoms with Crippen LogP contribution in [0.25, 0.3) is 0 Å². The zero-order chi connectivity index (χ0) is 13.1. The molecule has 0 saturated heterocycles. The number of carbonyl (C=O) groups excluding carboxylic acids is 1. The average molecular weight is 247 g/mol. The molecule has 0 aromatic heterocycles. The first-order valence-electron chi connectivity index (χ1n) is 5.40. The standard InChI is InChI=1S/C14H11F2NO/c1-9-5-4-8-12(13(9)16)17-14(18)10-6-2-3-7-11(10)15/h2-8H,1H3,(H,17,18). The van der Waals surface area contributed by atoms with Crippen LogP contribution in [0.3, 0.4) is 0 Å². The lowest BCUT2D eigenvalue weighted by Gasteiger charge is -2.08. The molecule has 0 fully saturated rings. The highest BCUT2D eigenvalue weighted by molar-refractivity contribution is 6.04. The van der Waals surface area contributed by atoms with Gasteiger partial charge in [0.05, 0.1) is 11.3 Å². The number of hydrogen-bond donors (Lipinski definition) is 1. The molecule has 92 valence electrons. The van der Waals surface area contributed by atoms with E-state index in [4.69, 9.17) is 0 Å². The molecule has 0 aliphatic carbocycles. The summed E-state index contributed by atoms with van der Waals surface area (Å²) in [5, 5.41) is 2.35. The van der Waals surface area contributed by atoms with Gasteiger partial charge in [-0.05, 0) is 30.7 Å². The van der Waals surface area contributed by atoms with Crippen molar-refractivity contribution in [3.8, 4) is 0 Å². The summed E-state index contributed by atoms with van der Waals surface area (Å²) in [6.45, 7) is 1.59. The molecule has 4 heteroatoms. The number of anilines is 1. The van der Waals surface area contributed by atoms with Crippen molar-refractivity contribution >= 4 is 11.6 Å². The lowest BCUT2D eigenvalue weighted by atomic mass is 10.1. The Balaban J connectivity index is 2.27. The number of aryl methyl sites for hydroxylation is 1. The van der Waals surface area contributed by atoms with Crippen molar-refractivity contribution in [3.05, 3.63) is 65.2 Å². The van der Waals surface area contributed by atoms with Crippen LogP contribution in [-0.4, -0.2) is 5.91 Å². The molecule has 0 bridgehead atoms. The van der Waals surface area contributed by atoms with E-state index in [1.807, 2.05) is 0 Å². The summed E-state index contributed by atoms with van der Waals surface area (Å²) in [5.74, 6) is -1.82. The summed E-state index contributed by atoms with van der Waals surface area (Å²) in [5.41, 5.74) is 0.350. The van der Waals surface area contributed by atoms with Gasteiger partial charge in [-0.3, -0.25) is 4.79 Å². The molecule has 0 heterocycles. The summed E-state index contributed by atoms with van der Waals surface area (Å²) in [6.07, 6.45) is 0. The zero-order valence-corrected chi connectivity index (χ0v) is 9.71. The van der Waals surface area contributed by atoms with Crippen LogP contribution < -0.4 is 5.32 Å². The van der Waals surface area contributed by atoms with Crippen molar-refractivity contribution in [1.29, 1.82) is 0 Å². The lowest BCUT2D eigenvalue weighted by molar-refractivity contribution is 0.102. The first kappa shape index (κ1) is 12.2. The van der Waals surface area contributed by atoms with Crippen molar-refractivity contribution in [2.75, 3.05) is 5.32 Å². The smallest absolute Gasteiger partial charge is 0.258 e. The Kier molecular flexibility index (Phi) is 3.37. The monoisotopic (exact) mass is 247 g/mol. The van der Waals surface area contributed by atoms with E-state index in [-0.39, 0.29) is 11.3 Å². The fourth-order valence-electron chi connectivity index (χ4n) is 1.58. The topological polar surface area (TPSA) is 29.1 Å². The molecule has 0 aliphatic heterocycles. The maximum Gasteiger partial charge on any atom is 0.258 e. The van der Waals surface area contributed by atoms with Crippen LogP contribution in [0.4, 0.5) is 14.5 Å². The van der Waals surface area contributed by atoms with Gasteiger partial charge in [0.1, 0.15) is 11.6 Å². The summed E-state index contributed by atoms with van der Waals surface area (Å²) >= 11 is 0. The third kappa shape index (κ3) is 2.37. The third-order valence-electron chi connectivity index (χ3n) is 2.56. The molecule has 0 atom stereocenters. The Labute approximate surface area is 103 Å². The van der Waals surface area contributed by atoms with Gasteiger partial charge in [0, 0.05) is 0 Å². The van der Waals surface area contributed by atoms with Crippen LogP contribution in [0, 0.1) is 18.6 Å². The van der Waals surface area contributed by atoms with E-state index in [0.717, 1.165) is 0 Å². The highest BCUT2D eigenvalue weighted by Crippen LogP contribution is 2.18. The van der Waals surface area contributed by atoms with Crippen molar-refractivity contribution in [3.63, 3.8) is 0 Å². The minimum Gasteiger partial charge on any atom is -0.319 e. The number of hydrogen-bond acceptors (Lipinski definition) is 1. The summed E-state index contributed by atoms with van der Waals surface area (Å²) < 4.78 is 27.0. The molecular formula is C14H11F2NO. The minimum atomic E-state index is -0.669. The summed E-state index contributed by atoms with van der Waals surface area (Å²) in [6, 6.07) is 10.2. The van der Waals surface area contributed by atoms with E-state index in [2.05, 4.69) is 5.32 Å². The number of benzene rings is 2. The maximum absolute atomic E-state index is 13.7. The van der Waals surface area contributed by atoms with Gasteiger partial charge in [-0.15, -0.1) is 0 Å². The first-order valence-corrected chi connectivity index (χ1v) is 5.40. The van der Waals surface area contributed by atoms with Crippen LogP contribution in [0.1, 0.15) is 15.9 Å². The quantitative estimate of drug-likeness (QED) is 0.864. The number of nitrogens with one attached hydrogen (secondary N) is 1. The largest absolute Gasteiger partial charge is 0.319 e. The molecule has 0 radical (unpaired) electrons. The molecule has 1 amide bonds. The number of halogens is 2. The predicted octanol–water partition coefficient (Wildman–Crippen LogP) is 3.53. The summed E-state index contributed by atoms with van der Waals surface area (Å²) in [4.78, 5) is 11.8. The van der Waals surface area contributed by atoms with E-state index in [1.165, 1.54) is 24.3 Å². The van der Waals surface area contributed by atoms with Crippen molar-refractivity contribution in [2.45, 2.75) is 6.92 Å². The second kappa shape index (κ2) is 4.96. The Bertz CT molecular complexity index is 596. The van der Waals surface area contributed by atoms with Gasteiger partial charge in [0.25, 0.3) is 5.91 Å². The molecule has 2 rings (SSSR count). The van der Waals surface area contributed by atoms with Gasteiger partial charge < -0.3 is 5.32 Å². The molecule has 0 saturated carbocycles. The van der Waals surface area contributed by atoms with Crippen molar-refractivity contribution in [1.82, 2.24) is 0 Å². The highest BCUT2D eigenvalue weighted by Gasteiger charge is 2.13. The SMILES string of the molecule is Cc1cccc(NC(=O)c2ccccc2F)c1F. The molecular weight excluding hydrogens is 236 g/mol. The van der Waals surface area contributed by atoms with Gasteiger partial charge in [0.2, 0.25) is 0 Å². The Morgan fingerprint density at radius 3 is 2.50 bits per heavy atom. The molecule has 18 heavy (non-hydrogen) atoms. The minimum absolute atomic E-state index is 0.0447. The second-order valence-corrected chi connectivity index (χ2v) is 3.87. The van der Waals surface area contributed by atoms with Gasteiger partial charge >= 0.3 is 0 Å². The van der Waals surface area contributed by atoms with Crippen LogP contribution in [0.2, 0.25) is 0 Å². The second-order valence-electron chi connectivity index (χ2n) is 3.87. The molecule has 0 aliphatic rings. The van der Waals surface area contributed by atoms with Crippen molar-refractivity contribution < 1.29 is 13.6 Å². The fourth-order valence-corrected chi connectivity index (χ4v) is 1.58. The zero-order valence-electron chi connectivity index (χ0n) is 9.71. The molecule has 1 N–H and O–H groups in total. The predicted molar refractivity (Wildman–Crippen MR) is 65.5 cm³/mol. The lowest BCUT2D eigenvalue weighted by Crippen LogP contribution is -2.14. The molecule has 2 aromatic carbocycles. The number of carbonyl (C=O) groups is 1. The van der Waals surface area contributed by atoms with E-state index in [9.17, 15) is 13.6 Å². The molecule has 0 unspecified atom stereocenters.